The predicted molar refractivity (Wildman–Crippen MR) is 75.8 cm³/mol. The Morgan fingerprint density at radius 1 is 1.40 bits per heavy atom. The molecular weight excluding hydrogens is 280 g/mol. The standard InChI is InChI=1S/C14H17ClN2O3/c1-7-3-9-10(4-8(7)2)17(14(15)16-9)13-5-11(19)12(6-18)20-13/h3-4,11-13,18-19H,5-6H2,1-2H3/t11-,12+,13+/m0/s1. The normalized spacial score (nSPS) is 26.6. The van der Waals surface area contributed by atoms with Crippen molar-refractivity contribution in [2.24, 2.45) is 0 Å². The SMILES string of the molecule is Cc1cc2nc(Cl)n([C@H]3C[C@H](O)[C@@H](CO)O3)c2cc1C. The minimum absolute atomic E-state index is 0.208. The predicted octanol–water partition coefficient (Wildman–Crippen LogP) is 1.95. The molecule has 2 aromatic rings. The first kappa shape index (κ1) is 13.8. The van der Waals surface area contributed by atoms with Crippen molar-refractivity contribution < 1.29 is 14.9 Å². The highest BCUT2D eigenvalue weighted by molar-refractivity contribution is 6.29. The number of hydrogen-bond donors (Lipinski definition) is 2. The van der Waals surface area contributed by atoms with Gasteiger partial charge < -0.3 is 14.9 Å². The Bertz CT molecular complexity index is 655. The first-order chi connectivity index (χ1) is 9.51. The van der Waals surface area contributed by atoms with E-state index in [0.717, 1.165) is 22.2 Å². The van der Waals surface area contributed by atoms with Crippen LogP contribution in [0.5, 0.6) is 0 Å². The van der Waals surface area contributed by atoms with E-state index in [2.05, 4.69) is 4.98 Å². The number of hydrogen-bond acceptors (Lipinski definition) is 4. The second-order valence-corrected chi connectivity index (χ2v) is 5.63. The van der Waals surface area contributed by atoms with Crippen LogP contribution in [0.4, 0.5) is 0 Å². The quantitative estimate of drug-likeness (QED) is 0.889. The highest BCUT2D eigenvalue weighted by atomic mass is 35.5. The van der Waals surface area contributed by atoms with Crippen LogP contribution in [0.3, 0.4) is 0 Å². The molecular formula is C14H17ClN2O3. The molecule has 1 saturated heterocycles. The van der Waals surface area contributed by atoms with Crippen LogP contribution >= 0.6 is 11.6 Å². The molecule has 1 aliphatic rings. The molecule has 1 aromatic carbocycles. The fraction of sp³-hybridized carbons (Fsp3) is 0.500. The number of nitrogens with zero attached hydrogens (tertiary/aromatic N) is 2. The summed E-state index contributed by atoms with van der Waals surface area (Å²) in [5.41, 5.74) is 3.99. The summed E-state index contributed by atoms with van der Waals surface area (Å²) in [7, 11) is 0. The van der Waals surface area contributed by atoms with Gasteiger partial charge in [0.05, 0.1) is 23.7 Å². The molecule has 20 heavy (non-hydrogen) atoms. The van der Waals surface area contributed by atoms with Gasteiger partial charge in [0.25, 0.3) is 0 Å². The third-order valence-electron chi connectivity index (χ3n) is 3.93. The van der Waals surface area contributed by atoms with E-state index in [9.17, 15) is 10.2 Å². The molecule has 0 saturated carbocycles. The molecule has 6 heteroatoms. The Morgan fingerprint density at radius 2 is 2.10 bits per heavy atom. The van der Waals surface area contributed by atoms with E-state index in [-0.39, 0.29) is 6.61 Å². The number of benzene rings is 1. The molecule has 1 fully saturated rings. The number of ether oxygens (including phenoxy) is 1. The molecule has 0 radical (unpaired) electrons. The van der Waals surface area contributed by atoms with Crippen molar-refractivity contribution in [3.05, 3.63) is 28.5 Å². The zero-order chi connectivity index (χ0) is 14.4. The molecule has 1 aromatic heterocycles. The van der Waals surface area contributed by atoms with Gasteiger partial charge >= 0.3 is 0 Å². The Morgan fingerprint density at radius 3 is 2.75 bits per heavy atom. The number of aromatic nitrogens is 2. The van der Waals surface area contributed by atoms with E-state index in [1.165, 1.54) is 0 Å². The Kier molecular flexibility index (Phi) is 3.46. The molecule has 3 rings (SSSR count). The number of rotatable bonds is 2. The van der Waals surface area contributed by atoms with Crippen LogP contribution in [-0.2, 0) is 4.74 Å². The number of halogens is 1. The molecule has 2 heterocycles. The Hall–Kier alpha value is -1.14. The molecule has 0 spiro atoms. The monoisotopic (exact) mass is 296 g/mol. The first-order valence-electron chi connectivity index (χ1n) is 6.60. The average Bonchev–Trinajstić information content (AvgIpc) is 2.90. The zero-order valence-corrected chi connectivity index (χ0v) is 12.1. The Labute approximate surface area is 121 Å². The van der Waals surface area contributed by atoms with E-state index in [1.54, 1.807) is 4.57 Å². The van der Waals surface area contributed by atoms with Crippen LogP contribution in [0.2, 0.25) is 5.28 Å². The summed E-state index contributed by atoms with van der Waals surface area (Å²) in [6.07, 6.45) is -1.27. The van der Waals surface area contributed by atoms with Gasteiger partial charge in [0.15, 0.2) is 0 Å². The van der Waals surface area contributed by atoms with Crippen molar-refractivity contribution in [2.75, 3.05) is 6.61 Å². The molecule has 0 unspecified atom stereocenters. The summed E-state index contributed by atoms with van der Waals surface area (Å²) >= 11 is 6.22. The number of fused-ring (bicyclic) bond motifs is 1. The van der Waals surface area contributed by atoms with Crippen molar-refractivity contribution in [1.82, 2.24) is 9.55 Å². The molecule has 108 valence electrons. The molecule has 1 aliphatic heterocycles. The van der Waals surface area contributed by atoms with Crippen molar-refractivity contribution in [1.29, 1.82) is 0 Å². The molecule has 5 nitrogen and oxygen atoms in total. The van der Waals surface area contributed by atoms with Gasteiger partial charge in [-0.05, 0) is 48.7 Å². The number of aliphatic hydroxyl groups excluding tert-OH is 2. The van der Waals surface area contributed by atoms with E-state index < -0.39 is 18.4 Å². The van der Waals surface area contributed by atoms with Gasteiger partial charge in [-0.1, -0.05) is 0 Å². The third-order valence-corrected chi connectivity index (χ3v) is 4.20. The van der Waals surface area contributed by atoms with Crippen molar-refractivity contribution in [2.45, 2.75) is 38.7 Å². The van der Waals surface area contributed by atoms with Gasteiger partial charge in [0.2, 0.25) is 5.28 Å². The minimum Gasteiger partial charge on any atom is -0.394 e. The van der Waals surface area contributed by atoms with Crippen LogP contribution in [0.15, 0.2) is 12.1 Å². The van der Waals surface area contributed by atoms with Gasteiger partial charge in [-0.15, -0.1) is 0 Å². The van der Waals surface area contributed by atoms with Gasteiger partial charge in [0.1, 0.15) is 12.3 Å². The molecule has 2 N–H and O–H groups in total. The molecule has 0 amide bonds. The summed E-state index contributed by atoms with van der Waals surface area (Å²) < 4.78 is 7.44. The van der Waals surface area contributed by atoms with Crippen LogP contribution in [-0.4, -0.2) is 38.6 Å². The maximum Gasteiger partial charge on any atom is 0.205 e. The number of aliphatic hydroxyl groups is 2. The largest absolute Gasteiger partial charge is 0.394 e. The van der Waals surface area contributed by atoms with Crippen LogP contribution in [0.1, 0.15) is 23.8 Å². The van der Waals surface area contributed by atoms with E-state index in [4.69, 9.17) is 16.3 Å². The van der Waals surface area contributed by atoms with Crippen LogP contribution in [0, 0.1) is 13.8 Å². The van der Waals surface area contributed by atoms with Gasteiger partial charge in [-0.2, -0.15) is 0 Å². The maximum atomic E-state index is 9.86. The van der Waals surface area contributed by atoms with Gasteiger partial charge in [-0.3, -0.25) is 4.57 Å². The van der Waals surface area contributed by atoms with Crippen LogP contribution < -0.4 is 0 Å². The van der Waals surface area contributed by atoms with Crippen molar-refractivity contribution in [3.8, 4) is 0 Å². The molecule has 3 atom stereocenters. The fourth-order valence-corrected chi connectivity index (χ4v) is 2.92. The van der Waals surface area contributed by atoms with Crippen LogP contribution in [0.25, 0.3) is 11.0 Å². The second-order valence-electron chi connectivity index (χ2n) is 5.29. The highest BCUT2D eigenvalue weighted by Gasteiger charge is 2.36. The molecule has 0 aliphatic carbocycles. The summed E-state index contributed by atoms with van der Waals surface area (Å²) in [5, 5.41) is 19.4. The Balaban J connectivity index is 2.08. The lowest BCUT2D eigenvalue weighted by molar-refractivity contribution is -0.0429. The van der Waals surface area contributed by atoms with Gasteiger partial charge in [-0.25, -0.2) is 4.98 Å². The average molecular weight is 297 g/mol. The van der Waals surface area contributed by atoms with E-state index in [1.807, 2.05) is 26.0 Å². The lowest BCUT2D eigenvalue weighted by atomic mass is 10.1. The summed E-state index contributed by atoms with van der Waals surface area (Å²) in [6.45, 7) is 3.85. The summed E-state index contributed by atoms with van der Waals surface area (Å²) in [6, 6.07) is 4.01. The van der Waals surface area contributed by atoms with Crippen molar-refractivity contribution in [3.63, 3.8) is 0 Å². The first-order valence-corrected chi connectivity index (χ1v) is 6.98. The van der Waals surface area contributed by atoms with E-state index >= 15 is 0 Å². The molecule has 0 bridgehead atoms. The van der Waals surface area contributed by atoms with E-state index in [0.29, 0.717) is 11.7 Å². The third kappa shape index (κ3) is 2.11. The lowest BCUT2D eigenvalue weighted by Crippen LogP contribution is -2.24. The fourth-order valence-electron chi connectivity index (χ4n) is 2.63. The highest BCUT2D eigenvalue weighted by Crippen LogP contribution is 2.34. The summed E-state index contributed by atoms with van der Waals surface area (Å²) in [5.74, 6) is 0. The zero-order valence-electron chi connectivity index (χ0n) is 11.4. The lowest BCUT2D eigenvalue weighted by Gasteiger charge is -2.15. The summed E-state index contributed by atoms with van der Waals surface area (Å²) in [4.78, 5) is 4.34. The maximum absolute atomic E-state index is 9.86. The number of aryl methyl sites for hydroxylation is 2. The van der Waals surface area contributed by atoms with Gasteiger partial charge in [0, 0.05) is 6.42 Å². The number of imidazole rings is 1. The minimum atomic E-state index is -0.690. The van der Waals surface area contributed by atoms with Crippen molar-refractivity contribution >= 4 is 22.6 Å². The topological polar surface area (TPSA) is 67.5 Å². The smallest absolute Gasteiger partial charge is 0.205 e. The second kappa shape index (κ2) is 5.00.